The summed E-state index contributed by atoms with van der Waals surface area (Å²) >= 11 is 4.23. The van der Waals surface area contributed by atoms with Crippen LogP contribution >= 0.6 is 12.6 Å². The lowest BCUT2D eigenvalue weighted by Crippen LogP contribution is -2.37. The van der Waals surface area contributed by atoms with Gasteiger partial charge in [-0.2, -0.15) is 12.6 Å². The maximum Gasteiger partial charge on any atom is 0.233 e. The molecule has 2 atom stereocenters. The maximum absolute atomic E-state index is 11.5. The maximum atomic E-state index is 11.5. The van der Waals surface area contributed by atoms with Crippen LogP contribution in [0.3, 0.4) is 0 Å². The van der Waals surface area contributed by atoms with Gasteiger partial charge in [0.15, 0.2) is 0 Å². The predicted octanol–water partition coefficient (Wildman–Crippen LogP) is 1.34. The molecule has 4 heteroatoms. The van der Waals surface area contributed by atoms with E-state index in [9.17, 15) is 4.79 Å². The summed E-state index contributed by atoms with van der Waals surface area (Å²) in [6.07, 6.45) is 0. The van der Waals surface area contributed by atoms with Crippen LogP contribution in [-0.2, 0) is 9.53 Å². The lowest BCUT2D eigenvalue weighted by Gasteiger charge is -2.16. The monoisotopic (exact) mass is 219 g/mol. The summed E-state index contributed by atoms with van der Waals surface area (Å²) in [5.41, 5.74) is 0. The standard InChI is InChI=1S/C10H21NO2S/c1-7(2)9(14)10(12)11-5-8(3)6-13-4/h7-9,14H,5-6H2,1-4H3,(H,11,12). The van der Waals surface area contributed by atoms with E-state index in [-0.39, 0.29) is 17.1 Å². The fraction of sp³-hybridized carbons (Fsp3) is 0.900. The highest BCUT2D eigenvalue weighted by Gasteiger charge is 2.17. The molecule has 0 aliphatic rings. The van der Waals surface area contributed by atoms with Crippen molar-refractivity contribution >= 4 is 18.5 Å². The fourth-order valence-electron chi connectivity index (χ4n) is 1.03. The molecule has 84 valence electrons. The van der Waals surface area contributed by atoms with E-state index in [0.717, 1.165) is 0 Å². The lowest BCUT2D eigenvalue weighted by molar-refractivity contribution is -0.121. The van der Waals surface area contributed by atoms with Crippen molar-refractivity contribution in [2.45, 2.75) is 26.0 Å². The minimum atomic E-state index is -0.218. The van der Waals surface area contributed by atoms with Crippen molar-refractivity contribution in [1.82, 2.24) is 5.32 Å². The molecule has 0 radical (unpaired) electrons. The molecule has 2 unspecified atom stereocenters. The second-order valence-corrected chi connectivity index (χ2v) is 4.55. The van der Waals surface area contributed by atoms with Crippen LogP contribution in [0.5, 0.6) is 0 Å². The van der Waals surface area contributed by atoms with Crippen molar-refractivity contribution in [3.05, 3.63) is 0 Å². The number of carbonyl (C=O) groups excluding carboxylic acids is 1. The van der Waals surface area contributed by atoms with Gasteiger partial charge in [0.1, 0.15) is 0 Å². The van der Waals surface area contributed by atoms with Crippen molar-refractivity contribution < 1.29 is 9.53 Å². The van der Waals surface area contributed by atoms with E-state index < -0.39 is 0 Å². The van der Waals surface area contributed by atoms with Gasteiger partial charge in [0.05, 0.1) is 11.9 Å². The van der Waals surface area contributed by atoms with Gasteiger partial charge in [-0.15, -0.1) is 0 Å². The molecule has 0 aromatic rings. The Kier molecular flexibility index (Phi) is 7.01. The van der Waals surface area contributed by atoms with Gasteiger partial charge in [-0.3, -0.25) is 4.79 Å². The van der Waals surface area contributed by atoms with Gasteiger partial charge >= 0.3 is 0 Å². The molecule has 0 bridgehead atoms. The Bertz CT molecular complexity index is 174. The van der Waals surface area contributed by atoms with Crippen LogP contribution in [0.2, 0.25) is 0 Å². The molecule has 0 spiro atoms. The van der Waals surface area contributed by atoms with E-state index in [2.05, 4.69) is 17.9 Å². The van der Waals surface area contributed by atoms with Crippen LogP contribution in [0.25, 0.3) is 0 Å². The summed E-state index contributed by atoms with van der Waals surface area (Å²) in [4.78, 5) is 11.5. The summed E-state index contributed by atoms with van der Waals surface area (Å²) in [5.74, 6) is 0.610. The Labute approximate surface area is 92.0 Å². The third-order valence-corrected chi connectivity index (χ3v) is 2.81. The number of amides is 1. The molecule has 1 amide bonds. The number of methoxy groups -OCH3 is 1. The molecular weight excluding hydrogens is 198 g/mol. The number of hydrogen-bond acceptors (Lipinski definition) is 3. The third kappa shape index (κ3) is 5.50. The molecule has 0 aromatic heterocycles. The van der Waals surface area contributed by atoms with E-state index in [1.54, 1.807) is 7.11 Å². The van der Waals surface area contributed by atoms with Crippen molar-refractivity contribution in [3.63, 3.8) is 0 Å². The lowest BCUT2D eigenvalue weighted by atomic mass is 10.1. The Balaban J connectivity index is 3.73. The van der Waals surface area contributed by atoms with Gasteiger partial charge in [0, 0.05) is 13.7 Å². The van der Waals surface area contributed by atoms with Gasteiger partial charge in [-0.1, -0.05) is 20.8 Å². The molecule has 0 aliphatic heterocycles. The molecule has 0 fully saturated rings. The van der Waals surface area contributed by atoms with Gasteiger partial charge < -0.3 is 10.1 Å². The molecule has 0 rings (SSSR count). The zero-order chi connectivity index (χ0) is 11.1. The second-order valence-electron chi connectivity index (χ2n) is 3.99. The second kappa shape index (κ2) is 7.12. The van der Waals surface area contributed by atoms with Crippen LogP contribution < -0.4 is 5.32 Å². The van der Waals surface area contributed by atoms with Crippen molar-refractivity contribution in [2.24, 2.45) is 11.8 Å². The largest absolute Gasteiger partial charge is 0.384 e. The van der Waals surface area contributed by atoms with Crippen LogP contribution in [0.4, 0.5) is 0 Å². The number of thiol groups is 1. The van der Waals surface area contributed by atoms with Gasteiger partial charge in [0.25, 0.3) is 0 Å². The van der Waals surface area contributed by atoms with Crippen LogP contribution in [0, 0.1) is 11.8 Å². The topological polar surface area (TPSA) is 38.3 Å². The summed E-state index contributed by atoms with van der Waals surface area (Å²) in [5, 5.41) is 2.64. The summed E-state index contributed by atoms with van der Waals surface area (Å²) in [7, 11) is 1.66. The smallest absolute Gasteiger partial charge is 0.233 e. The molecule has 1 N–H and O–H groups in total. The first-order chi connectivity index (χ1) is 6.49. The SMILES string of the molecule is COCC(C)CNC(=O)C(S)C(C)C. The average Bonchev–Trinajstić information content (AvgIpc) is 2.13. The molecule has 0 heterocycles. The van der Waals surface area contributed by atoms with Crippen LogP contribution in [0.1, 0.15) is 20.8 Å². The highest BCUT2D eigenvalue weighted by atomic mass is 32.1. The first-order valence-corrected chi connectivity index (χ1v) is 5.45. The molecule has 0 aromatic carbocycles. The highest BCUT2D eigenvalue weighted by molar-refractivity contribution is 7.81. The number of nitrogens with one attached hydrogen (secondary N) is 1. The molecular formula is C10H21NO2S. The average molecular weight is 219 g/mol. The Morgan fingerprint density at radius 1 is 1.43 bits per heavy atom. The molecule has 0 aliphatic carbocycles. The molecule has 3 nitrogen and oxygen atoms in total. The molecule has 0 saturated heterocycles. The zero-order valence-corrected chi connectivity index (χ0v) is 10.3. The van der Waals surface area contributed by atoms with E-state index in [1.807, 2.05) is 20.8 Å². The Hall–Kier alpha value is -0.220. The fourth-order valence-corrected chi connectivity index (χ4v) is 1.12. The normalized spacial score (nSPS) is 15.3. The molecule has 14 heavy (non-hydrogen) atoms. The third-order valence-electron chi connectivity index (χ3n) is 1.98. The minimum Gasteiger partial charge on any atom is -0.384 e. The van der Waals surface area contributed by atoms with Crippen LogP contribution in [-0.4, -0.2) is 31.4 Å². The van der Waals surface area contributed by atoms with Crippen molar-refractivity contribution in [3.8, 4) is 0 Å². The first kappa shape index (κ1) is 13.8. The summed E-state index contributed by atoms with van der Waals surface area (Å²) in [6, 6.07) is 0. The Morgan fingerprint density at radius 3 is 2.43 bits per heavy atom. The summed E-state index contributed by atoms with van der Waals surface area (Å²) in [6.45, 7) is 7.31. The van der Waals surface area contributed by atoms with Gasteiger partial charge in [-0.05, 0) is 11.8 Å². The minimum absolute atomic E-state index is 0.00582. The summed E-state index contributed by atoms with van der Waals surface area (Å²) < 4.78 is 4.97. The van der Waals surface area contributed by atoms with E-state index in [0.29, 0.717) is 19.1 Å². The van der Waals surface area contributed by atoms with E-state index in [4.69, 9.17) is 4.74 Å². The number of hydrogen-bond donors (Lipinski definition) is 2. The van der Waals surface area contributed by atoms with E-state index in [1.165, 1.54) is 0 Å². The number of carbonyl (C=O) groups is 1. The van der Waals surface area contributed by atoms with Crippen molar-refractivity contribution in [1.29, 1.82) is 0 Å². The van der Waals surface area contributed by atoms with Gasteiger partial charge in [-0.25, -0.2) is 0 Å². The Morgan fingerprint density at radius 2 is 2.00 bits per heavy atom. The predicted molar refractivity (Wildman–Crippen MR) is 61.7 cm³/mol. The van der Waals surface area contributed by atoms with E-state index >= 15 is 0 Å². The highest BCUT2D eigenvalue weighted by Crippen LogP contribution is 2.08. The zero-order valence-electron chi connectivity index (χ0n) is 9.41. The van der Waals surface area contributed by atoms with Crippen molar-refractivity contribution in [2.75, 3.05) is 20.3 Å². The first-order valence-electron chi connectivity index (χ1n) is 4.93. The quantitative estimate of drug-likeness (QED) is 0.662. The van der Waals surface area contributed by atoms with Gasteiger partial charge in [0.2, 0.25) is 5.91 Å². The molecule has 0 saturated carbocycles. The van der Waals surface area contributed by atoms with Crippen LogP contribution in [0.15, 0.2) is 0 Å². The number of ether oxygens (including phenoxy) is 1. The number of rotatable bonds is 6.